The Morgan fingerprint density at radius 3 is 2.75 bits per heavy atom. The van der Waals surface area contributed by atoms with Crippen LogP contribution in [0, 0.1) is 0 Å². The average Bonchev–Trinajstić information content (AvgIpc) is 3.10. The maximum atomic E-state index is 12.5. The summed E-state index contributed by atoms with van der Waals surface area (Å²) < 4.78 is 10.5. The van der Waals surface area contributed by atoms with Gasteiger partial charge in [-0.3, -0.25) is 15.1 Å². The summed E-state index contributed by atoms with van der Waals surface area (Å²) in [6.45, 7) is 0. The van der Waals surface area contributed by atoms with Crippen molar-refractivity contribution in [3.8, 4) is 22.8 Å². The van der Waals surface area contributed by atoms with Crippen LogP contribution in [0.3, 0.4) is 0 Å². The first-order valence-corrected chi connectivity index (χ1v) is 7.99. The minimum absolute atomic E-state index is 0.308. The fourth-order valence-electron chi connectivity index (χ4n) is 2.21. The van der Waals surface area contributed by atoms with E-state index < -0.39 is 0 Å². The van der Waals surface area contributed by atoms with E-state index in [1.54, 1.807) is 30.6 Å². The smallest absolute Gasteiger partial charge is 0.261 e. The highest BCUT2D eigenvalue weighted by atomic mass is 32.1. The van der Waals surface area contributed by atoms with Crippen molar-refractivity contribution >= 4 is 22.4 Å². The second-order valence-corrected chi connectivity index (χ2v) is 5.63. The van der Waals surface area contributed by atoms with Gasteiger partial charge in [-0.15, -0.1) is 11.3 Å². The summed E-state index contributed by atoms with van der Waals surface area (Å²) in [6, 6.07) is 8.90. The zero-order chi connectivity index (χ0) is 16.9. The molecular weight excluding hydrogens is 326 g/mol. The third-order valence-electron chi connectivity index (χ3n) is 3.33. The third kappa shape index (κ3) is 3.21. The summed E-state index contributed by atoms with van der Waals surface area (Å²) in [5.74, 6) is 0.583. The number of aromatic nitrogens is 2. The van der Waals surface area contributed by atoms with Crippen LogP contribution < -0.4 is 14.8 Å². The molecule has 122 valence electrons. The standard InChI is InChI=1S/C17H15N3O3S/c1-22-14-7-3-6-12(15(14)23-2)16(21)20-17-19-13(10-24-17)11-5-4-8-18-9-11/h3-10H,1-2H3,(H,19,20,21). The van der Waals surface area contributed by atoms with Gasteiger partial charge in [-0.1, -0.05) is 6.07 Å². The molecule has 0 unspecified atom stereocenters. The highest BCUT2D eigenvalue weighted by molar-refractivity contribution is 7.14. The van der Waals surface area contributed by atoms with Gasteiger partial charge in [0.1, 0.15) is 0 Å². The van der Waals surface area contributed by atoms with Crippen LogP contribution in [0.15, 0.2) is 48.1 Å². The largest absolute Gasteiger partial charge is 0.493 e. The number of benzene rings is 1. The molecule has 0 aliphatic carbocycles. The number of para-hydroxylation sites is 1. The van der Waals surface area contributed by atoms with E-state index in [1.807, 2.05) is 17.5 Å². The van der Waals surface area contributed by atoms with Crippen LogP contribution in [0.1, 0.15) is 10.4 Å². The number of carbonyl (C=O) groups is 1. The van der Waals surface area contributed by atoms with Gasteiger partial charge in [0.05, 0.1) is 25.5 Å². The number of pyridine rings is 1. The second-order valence-electron chi connectivity index (χ2n) is 4.77. The van der Waals surface area contributed by atoms with E-state index in [0.717, 1.165) is 11.3 Å². The molecule has 7 heteroatoms. The van der Waals surface area contributed by atoms with Crippen molar-refractivity contribution < 1.29 is 14.3 Å². The van der Waals surface area contributed by atoms with Crippen molar-refractivity contribution in [2.45, 2.75) is 0 Å². The lowest BCUT2D eigenvalue weighted by Crippen LogP contribution is -2.13. The van der Waals surface area contributed by atoms with Gasteiger partial charge in [-0.25, -0.2) is 4.98 Å². The van der Waals surface area contributed by atoms with E-state index in [9.17, 15) is 4.79 Å². The molecule has 0 aliphatic rings. The van der Waals surface area contributed by atoms with Gasteiger partial charge in [0, 0.05) is 23.3 Å². The van der Waals surface area contributed by atoms with Crippen LogP contribution in [0.25, 0.3) is 11.3 Å². The fourth-order valence-corrected chi connectivity index (χ4v) is 2.92. The third-order valence-corrected chi connectivity index (χ3v) is 4.09. The zero-order valence-corrected chi connectivity index (χ0v) is 14.0. The summed E-state index contributed by atoms with van der Waals surface area (Å²) in [6.07, 6.45) is 3.43. The van der Waals surface area contributed by atoms with Gasteiger partial charge in [-0.05, 0) is 24.3 Å². The zero-order valence-electron chi connectivity index (χ0n) is 13.1. The van der Waals surface area contributed by atoms with E-state index >= 15 is 0 Å². The van der Waals surface area contributed by atoms with Gasteiger partial charge in [0.25, 0.3) is 5.91 Å². The summed E-state index contributed by atoms with van der Waals surface area (Å²) in [5.41, 5.74) is 2.05. The fraction of sp³-hybridized carbons (Fsp3) is 0.118. The maximum Gasteiger partial charge on any atom is 0.261 e. The topological polar surface area (TPSA) is 73.3 Å². The quantitative estimate of drug-likeness (QED) is 0.769. The average molecular weight is 341 g/mol. The van der Waals surface area contributed by atoms with Crippen LogP contribution in [0.2, 0.25) is 0 Å². The predicted molar refractivity (Wildman–Crippen MR) is 92.8 cm³/mol. The summed E-state index contributed by atoms with van der Waals surface area (Å²) >= 11 is 1.35. The lowest BCUT2D eigenvalue weighted by Gasteiger charge is -2.11. The number of amides is 1. The summed E-state index contributed by atoms with van der Waals surface area (Å²) in [7, 11) is 3.03. The highest BCUT2D eigenvalue weighted by Crippen LogP contribution is 2.31. The van der Waals surface area contributed by atoms with Gasteiger partial charge in [-0.2, -0.15) is 0 Å². The number of anilines is 1. The molecule has 1 amide bonds. The Morgan fingerprint density at radius 2 is 2.04 bits per heavy atom. The molecule has 0 bridgehead atoms. The molecule has 0 saturated carbocycles. The first kappa shape index (κ1) is 15.9. The van der Waals surface area contributed by atoms with E-state index in [0.29, 0.717) is 22.2 Å². The number of rotatable bonds is 5. The van der Waals surface area contributed by atoms with Gasteiger partial charge < -0.3 is 9.47 Å². The number of nitrogens with one attached hydrogen (secondary N) is 1. The summed E-state index contributed by atoms with van der Waals surface area (Å²) in [5, 5.41) is 5.16. The Morgan fingerprint density at radius 1 is 1.17 bits per heavy atom. The van der Waals surface area contributed by atoms with Crippen LogP contribution in [0.5, 0.6) is 11.5 Å². The molecule has 0 aliphatic heterocycles. The van der Waals surface area contributed by atoms with Crippen molar-refractivity contribution in [2.24, 2.45) is 0 Å². The van der Waals surface area contributed by atoms with Crippen molar-refractivity contribution in [1.82, 2.24) is 9.97 Å². The Hall–Kier alpha value is -2.93. The molecule has 3 rings (SSSR count). The van der Waals surface area contributed by atoms with Crippen molar-refractivity contribution in [2.75, 3.05) is 19.5 Å². The maximum absolute atomic E-state index is 12.5. The number of nitrogens with zero attached hydrogens (tertiary/aromatic N) is 2. The Balaban J connectivity index is 1.82. The SMILES string of the molecule is COc1cccc(C(=O)Nc2nc(-c3cccnc3)cs2)c1OC. The monoisotopic (exact) mass is 341 g/mol. The van der Waals surface area contributed by atoms with Crippen LogP contribution in [-0.4, -0.2) is 30.1 Å². The van der Waals surface area contributed by atoms with Gasteiger partial charge in [0.15, 0.2) is 16.6 Å². The van der Waals surface area contributed by atoms with E-state index in [4.69, 9.17) is 9.47 Å². The number of thiazole rings is 1. The molecule has 1 N–H and O–H groups in total. The van der Waals surface area contributed by atoms with E-state index in [-0.39, 0.29) is 5.91 Å². The number of methoxy groups -OCH3 is 2. The minimum atomic E-state index is -0.308. The molecule has 0 fully saturated rings. The normalized spacial score (nSPS) is 10.2. The molecule has 0 spiro atoms. The molecular formula is C17H15N3O3S. The first-order valence-electron chi connectivity index (χ1n) is 7.11. The van der Waals surface area contributed by atoms with E-state index in [2.05, 4.69) is 15.3 Å². The molecule has 1 aromatic carbocycles. The van der Waals surface area contributed by atoms with Crippen LogP contribution >= 0.6 is 11.3 Å². The molecule has 6 nitrogen and oxygen atoms in total. The Labute approximate surface area is 143 Å². The van der Waals surface area contributed by atoms with Crippen molar-refractivity contribution in [3.05, 3.63) is 53.7 Å². The Bertz CT molecular complexity index is 849. The lowest BCUT2D eigenvalue weighted by atomic mass is 10.1. The number of carbonyl (C=O) groups excluding carboxylic acids is 1. The highest BCUT2D eigenvalue weighted by Gasteiger charge is 2.17. The molecule has 3 aromatic rings. The predicted octanol–water partition coefficient (Wildman–Crippen LogP) is 3.47. The number of ether oxygens (including phenoxy) is 2. The molecule has 2 heterocycles. The van der Waals surface area contributed by atoms with E-state index in [1.165, 1.54) is 25.6 Å². The van der Waals surface area contributed by atoms with Crippen molar-refractivity contribution in [3.63, 3.8) is 0 Å². The van der Waals surface area contributed by atoms with Crippen LogP contribution in [-0.2, 0) is 0 Å². The molecule has 0 atom stereocenters. The lowest BCUT2D eigenvalue weighted by molar-refractivity contribution is 0.102. The minimum Gasteiger partial charge on any atom is -0.493 e. The number of hydrogen-bond donors (Lipinski definition) is 1. The van der Waals surface area contributed by atoms with Gasteiger partial charge in [0.2, 0.25) is 0 Å². The van der Waals surface area contributed by atoms with Gasteiger partial charge >= 0.3 is 0 Å². The number of hydrogen-bond acceptors (Lipinski definition) is 6. The molecule has 0 radical (unpaired) electrons. The van der Waals surface area contributed by atoms with Crippen LogP contribution in [0.4, 0.5) is 5.13 Å². The van der Waals surface area contributed by atoms with Crippen molar-refractivity contribution in [1.29, 1.82) is 0 Å². The molecule has 0 saturated heterocycles. The second kappa shape index (κ2) is 7.10. The first-order chi connectivity index (χ1) is 11.7. The molecule has 24 heavy (non-hydrogen) atoms. The Kier molecular flexibility index (Phi) is 4.72. The summed E-state index contributed by atoms with van der Waals surface area (Å²) in [4.78, 5) is 21.0. The molecule has 2 aromatic heterocycles.